The first-order chi connectivity index (χ1) is 14.5. The molecule has 0 aliphatic carbocycles. The third kappa shape index (κ3) is 5.32. The fourth-order valence-electron chi connectivity index (χ4n) is 2.64. The number of hydrogen-bond acceptors (Lipinski definition) is 6. The fraction of sp³-hybridized carbons (Fsp3) is 0.0526. The quantitative estimate of drug-likeness (QED) is 0.384. The zero-order chi connectivity index (χ0) is 22.8. The molecule has 0 aliphatic rings. The molecule has 3 aromatic rings. The van der Waals surface area contributed by atoms with Crippen molar-refractivity contribution >= 4 is 48.7 Å². The molecule has 0 spiro atoms. The van der Waals surface area contributed by atoms with E-state index in [1.807, 2.05) is 0 Å². The monoisotopic (exact) mass is 481 g/mol. The van der Waals surface area contributed by atoms with Gasteiger partial charge in [0.1, 0.15) is 0 Å². The first-order valence-electron chi connectivity index (χ1n) is 8.64. The molecule has 0 atom stereocenters. The van der Waals surface area contributed by atoms with E-state index in [-0.39, 0.29) is 26.9 Å². The molecule has 162 valence electrons. The lowest BCUT2D eigenvalue weighted by atomic mass is 10.2. The minimum atomic E-state index is -4.12. The highest BCUT2D eigenvalue weighted by Crippen LogP contribution is 2.25. The van der Waals surface area contributed by atoms with Gasteiger partial charge in [-0.25, -0.2) is 16.8 Å². The first kappa shape index (κ1) is 22.5. The van der Waals surface area contributed by atoms with Gasteiger partial charge in [-0.1, -0.05) is 23.7 Å². The second-order valence-electron chi connectivity index (χ2n) is 6.45. The Bertz CT molecular complexity index is 1360. The molecule has 0 fully saturated rings. The molecule has 0 aromatic heterocycles. The Hall–Kier alpha value is -3.15. The van der Waals surface area contributed by atoms with Crippen LogP contribution in [0.15, 0.2) is 76.5 Å². The summed E-state index contributed by atoms with van der Waals surface area (Å²) in [5, 5.41) is 11.4. The number of sulfonamides is 2. The van der Waals surface area contributed by atoms with Crippen LogP contribution in [-0.4, -0.2) is 21.8 Å². The molecule has 0 heterocycles. The molecule has 9 nitrogen and oxygen atoms in total. The number of nitrogens with zero attached hydrogens (tertiary/aromatic N) is 1. The van der Waals surface area contributed by atoms with E-state index in [2.05, 4.69) is 9.44 Å². The van der Waals surface area contributed by atoms with Crippen molar-refractivity contribution in [2.45, 2.75) is 16.7 Å². The highest BCUT2D eigenvalue weighted by molar-refractivity contribution is 7.93. The number of nitro groups is 1. The number of rotatable bonds is 7. The van der Waals surface area contributed by atoms with Gasteiger partial charge in [0.25, 0.3) is 25.7 Å². The van der Waals surface area contributed by atoms with Crippen molar-refractivity contribution in [3.8, 4) is 0 Å². The average Bonchev–Trinajstić information content (AvgIpc) is 2.67. The molecular weight excluding hydrogens is 466 g/mol. The molecule has 0 unspecified atom stereocenters. The Morgan fingerprint density at radius 3 is 2.00 bits per heavy atom. The Balaban J connectivity index is 1.81. The van der Waals surface area contributed by atoms with Gasteiger partial charge in [-0.2, -0.15) is 0 Å². The number of benzene rings is 3. The highest BCUT2D eigenvalue weighted by Gasteiger charge is 2.20. The van der Waals surface area contributed by atoms with Crippen LogP contribution in [0.1, 0.15) is 5.56 Å². The van der Waals surface area contributed by atoms with Crippen LogP contribution in [-0.2, 0) is 20.0 Å². The van der Waals surface area contributed by atoms with E-state index in [4.69, 9.17) is 11.6 Å². The predicted molar refractivity (Wildman–Crippen MR) is 117 cm³/mol. The largest absolute Gasteiger partial charge is 0.280 e. The molecule has 2 N–H and O–H groups in total. The summed E-state index contributed by atoms with van der Waals surface area (Å²) >= 11 is 5.85. The first-order valence-corrected chi connectivity index (χ1v) is 12.0. The average molecular weight is 482 g/mol. The number of halogens is 1. The summed E-state index contributed by atoms with van der Waals surface area (Å²) in [7, 11) is -8.05. The number of nitrogens with one attached hydrogen (secondary N) is 2. The Kier molecular flexibility index (Phi) is 6.20. The van der Waals surface area contributed by atoms with Crippen LogP contribution in [0.3, 0.4) is 0 Å². The zero-order valence-corrected chi connectivity index (χ0v) is 18.3. The standard InChI is InChI=1S/C19H16ClN3O6S2/c1-13-5-8-18(12-19(13)23(24)25)31(28,29)21-15-6-9-17(10-7-15)30(26,27)22-16-4-2-3-14(20)11-16/h2-12,21-22H,1H3. The van der Waals surface area contributed by atoms with E-state index < -0.39 is 25.0 Å². The smallest absolute Gasteiger partial charge is 0.273 e. The maximum atomic E-state index is 12.6. The fourth-order valence-corrected chi connectivity index (χ4v) is 4.95. The van der Waals surface area contributed by atoms with Gasteiger partial charge in [0.2, 0.25) is 0 Å². The zero-order valence-electron chi connectivity index (χ0n) is 15.9. The lowest BCUT2D eigenvalue weighted by Gasteiger charge is -2.11. The molecule has 12 heteroatoms. The number of nitro benzene ring substituents is 1. The summed E-state index contributed by atoms with van der Waals surface area (Å²) in [6.45, 7) is 1.50. The van der Waals surface area contributed by atoms with Crippen LogP contribution in [0, 0.1) is 17.0 Å². The second-order valence-corrected chi connectivity index (χ2v) is 10.3. The van der Waals surface area contributed by atoms with Crippen molar-refractivity contribution < 1.29 is 21.8 Å². The Labute approximate surface area is 183 Å². The van der Waals surface area contributed by atoms with Gasteiger partial charge in [-0.15, -0.1) is 0 Å². The molecule has 0 amide bonds. The van der Waals surface area contributed by atoms with Gasteiger partial charge < -0.3 is 0 Å². The SMILES string of the molecule is Cc1ccc(S(=O)(=O)Nc2ccc(S(=O)(=O)Nc3cccc(Cl)c3)cc2)cc1[N+](=O)[O-]. The summed E-state index contributed by atoms with van der Waals surface area (Å²) in [5.74, 6) is 0. The maximum Gasteiger partial charge on any atom is 0.273 e. The summed E-state index contributed by atoms with van der Waals surface area (Å²) in [6, 6.07) is 14.7. The molecule has 31 heavy (non-hydrogen) atoms. The Morgan fingerprint density at radius 2 is 1.39 bits per heavy atom. The van der Waals surface area contributed by atoms with Crippen LogP contribution in [0.5, 0.6) is 0 Å². The third-order valence-corrected chi connectivity index (χ3v) is 7.19. The van der Waals surface area contributed by atoms with Gasteiger partial charge in [0, 0.05) is 22.3 Å². The van der Waals surface area contributed by atoms with Crippen molar-refractivity contribution in [2.75, 3.05) is 9.44 Å². The van der Waals surface area contributed by atoms with E-state index in [9.17, 15) is 26.9 Å². The van der Waals surface area contributed by atoms with Crippen LogP contribution in [0.2, 0.25) is 5.02 Å². The minimum Gasteiger partial charge on any atom is -0.280 e. The van der Waals surface area contributed by atoms with Crippen LogP contribution in [0.4, 0.5) is 17.1 Å². The van der Waals surface area contributed by atoms with Gasteiger partial charge >= 0.3 is 0 Å². The van der Waals surface area contributed by atoms with Crippen molar-refractivity contribution in [3.05, 3.63) is 87.4 Å². The van der Waals surface area contributed by atoms with Crippen LogP contribution in [0.25, 0.3) is 0 Å². The summed E-state index contributed by atoms with van der Waals surface area (Å²) in [4.78, 5) is 10.0. The number of hydrogen-bond donors (Lipinski definition) is 2. The molecule has 0 radical (unpaired) electrons. The van der Waals surface area contributed by atoms with Crippen LogP contribution >= 0.6 is 11.6 Å². The van der Waals surface area contributed by atoms with E-state index in [1.54, 1.807) is 12.1 Å². The molecule has 0 aliphatic heterocycles. The summed E-state index contributed by atoms with van der Waals surface area (Å²) in [5.41, 5.74) is 0.366. The van der Waals surface area contributed by atoms with Gasteiger partial charge in [-0.05, 0) is 55.5 Å². The molecule has 3 rings (SSSR count). The van der Waals surface area contributed by atoms with Gasteiger partial charge in [0.15, 0.2) is 0 Å². The lowest BCUT2D eigenvalue weighted by Crippen LogP contribution is -2.15. The summed E-state index contributed by atoms with van der Waals surface area (Å²) in [6.07, 6.45) is 0. The normalized spacial score (nSPS) is 11.7. The molecule has 0 saturated carbocycles. The second kappa shape index (κ2) is 8.53. The third-order valence-electron chi connectivity index (χ3n) is 4.18. The van der Waals surface area contributed by atoms with Crippen molar-refractivity contribution in [2.24, 2.45) is 0 Å². The van der Waals surface area contributed by atoms with Gasteiger partial charge in [0.05, 0.1) is 20.4 Å². The van der Waals surface area contributed by atoms with Gasteiger partial charge in [-0.3, -0.25) is 19.6 Å². The summed E-state index contributed by atoms with van der Waals surface area (Å²) < 4.78 is 54.8. The number of anilines is 2. The highest BCUT2D eigenvalue weighted by atomic mass is 35.5. The van der Waals surface area contributed by atoms with Crippen molar-refractivity contribution in [1.29, 1.82) is 0 Å². The van der Waals surface area contributed by atoms with Crippen molar-refractivity contribution in [1.82, 2.24) is 0 Å². The predicted octanol–water partition coefficient (Wildman–Crippen LogP) is 4.16. The van der Waals surface area contributed by atoms with E-state index in [0.29, 0.717) is 10.6 Å². The van der Waals surface area contributed by atoms with E-state index in [1.165, 1.54) is 55.5 Å². The Morgan fingerprint density at radius 1 is 0.806 bits per heavy atom. The lowest BCUT2D eigenvalue weighted by molar-refractivity contribution is -0.385. The van der Waals surface area contributed by atoms with E-state index in [0.717, 1.165) is 6.07 Å². The maximum absolute atomic E-state index is 12.6. The minimum absolute atomic E-state index is 0.0879. The molecule has 0 saturated heterocycles. The molecule has 3 aromatic carbocycles. The van der Waals surface area contributed by atoms with E-state index >= 15 is 0 Å². The van der Waals surface area contributed by atoms with Crippen molar-refractivity contribution in [3.63, 3.8) is 0 Å². The van der Waals surface area contributed by atoms with Crippen LogP contribution < -0.4 is 9.44 Å². The number of aryl methyl sites for hydroxylation is 1. The molecule has 0 bridgehead atoms. The molecular formula is C19H16ClN3O6S2. The topological polar surface area (TPSA) is 135 Å².